The van der Waals surface area contributed by atoms with E-state index in [0.29, 0.717) is 10.4 Å². The van der Waals surface area contributed by atoms with Gasteiger partial charge in [-0.3, -0.25) is 25.4 Å². The summed E-state index contributed by atoms with van der Waals surface area (Å²) < 4.78 is 0. The standard InChI is InChI=1S/C17H19N3O2S/c21-16(12-7-9-18-10-8-12)19-20-17(22)15-11-13-5-3-1-2-4-6-14(13)23-15/h7-11H,1-6H2,(H,19,21)(H,20,22). The number of aromatic nitrogens is 1. The highest BCUT2D eigenvalue weighted by molar-refractivity contribution is 7.14. The van der Waals surface area contributed by atoms with Crippen LogP contribution in [0.15, 0.2) is 30.6 Å². The van der Waals surface area contributed by atoms with E-state index in [1.165, 1.54) is 48.5 Å². The molecule has 6 heteroatoms. The zero-order chi connectivity index (χ0) is 16.1. The van der Waals surface area contributed by atoms with Gasteiger partial charge in [-0.25, -0.2) is 0 Å². The number of carbonyl (C=O) groups is 2. The number of nitrogens with one attached hydrogen (secondary N) is 2. The van der Waals surface area contributed by atoms with E-state index in [-0.39, 0.29) is 11.8 Å². The first kappa shape index (κ1) is 15.7. The van der Waals surface area contributed by atoms with E-state index in [4.69, 9.17) is 0 Å². The fraction of sp³-hybridized carbons (Fsp3) is 0.353. The fourth-order valence-electron chi connectivity index (χ4n) is 2.71. The highest BCUT2D eigenvalue weighted by Crippen LogP contribution is 2.28. The number of aryl methyl sites for hydroxylation is 2. The molecule has 1 aliphatic rings. The summed E-state index contributed by atoms with van der Waals surface area (Å²) in [6, 6.07) is 5.16. The van der Waals surface area contributed by atoms with E-state index in [2.05, 4.69) is 15.8 Å². The molecule has 120 valence electrons. The van der Waals surface area contributed by atoms with Crippen molar-refractivity contribution in [2.45, 2.75) is 38.5 Å². The van der Waals surface area contributed by atoms with Crippen molar-refractivity contribution in [3.8, 4) is 0 Å². The third-order valence-corrected chi connectivity index (χ3v) is 5.19. The smallest absolute Gasteiger partial charge is 0.267 e. The third kappa shape index (κ3) is 3.96. The molecule has 0 atom stereocenters. The summed E-state index contributed by atoms with van der Waals surface area (Å²) in [5.41, 5.74) is 6.68. The van der Waals surface area contributed by atoms with Crippen molar-refractivity contribution in [2.75, 3.05) is 0 Å². The van der Waals surface area contributed by atoms with Crippen LogP contribution < -0.4 is 10.9 Å². The van der Waals surface area contributed by atoms with Crippen molar-refractivity contribution in [1.29, 1.82) is 0 Å². The van der Waals surface area contributed by atoms with Crippen LogP contribution in [0.25, 0.3) is 0 Å². The molecule has 0 spiro atoms. The zero-order valence-corrected chi connectivity index (χ0v) is 13.6. The molecule has 0 aliphatic heterocycles. The second-order valence-electron chi connectivity index (χ2n) is 5.62. The number of nitrogens with zero attached hydrogens (tertiary/aromatic N) is 1. The molecular formula is C17H19N3O2S. The lowest BCUT2D eigenvalue weighted by Crippen LogP contribution is -2.41. The second-order valence-corrected chi connectivity index (χ2v) is 6.75. The van der Waals surface area contributed by atoms with Gasteiger partial charge in [-0.1, -0.05) is 12.8 Å². The lowest BCUT2D eigenvalue weighted by Gasteiger charge is -2.07. The first-order valence-electron chi connectivity index (χ1n) is 7.86. The Morgan fingerprint density at radius 2 is 1.65 bits per heavy atom. The Labute approximate surface area is 139 Å². The second kappa shape index (κ2) is 7.37. The molecule has 0 bridgehead atoms. The van der Waals surface area contributed by atoms with E-state index in [1.807, 2.05) is 6.07 Å². The number of hydrogen-bond donors (Lipinski definition) is 2. The molecule has 2 aromatic rings. The monoisotopic (exact) mass is 329 g/mol. The quantitative estimate of drug-likeness (QED) is 0.832. The summed E-state index contributed by atoms with van der Waals surface area (Å²) in [5.74, 6) is -0.611. The summed E-state index contributed by atoms with van der Waals surface area (Å²) >= 11 is 1.54. The number of carbonyl (C=O) groups excluding carboxylic acids is 2. The topological polar surface area (TPSA) is 71.1 Å². The maximum atomic E-state index is 12.2. The van der Waals surface area contributed by atoms with E-state index in [1.54, 1.807) is 23.5 Å². The molecule has 5 nitrogen and oxygen atoms in total. The number of thiophene rings is 1. The molecule has 23 heavy (non-hydrogen) atoms. The highest BCUT2D eigenvalue weighted by atomic mass is 32.1. The fourth-order valence-corrected chi connectivity index (χ4v) is 3.86. The maximum absolute atomic E-state index is 12.2. The average molecular weight is 329 g/mol. The van der Waals surface area contributed by atoms with Gasteiger partial charge in [-0.05, 0) is 49.4 Å². The number of hydrazine groups is 1. The van der Waals surface area contributed by atoms with Crippen molar-refractivity contribution in [3.05, 3.63) is 51.5 Å². The zero-order valence-electron chi connectivity index (χ0n) is 12.8. The molecular weight excluding hydrogens is 310 g/mol. The lowest BCUT2D eigenvalue weighted by atomic mass is 10.00. The largest absolute Gasteiger partial charge is 0.279 e. The summed E-state index contributed by atoms with van der Waals surface area (Å²) in [5, 5.41) is 0. The molecule has 0 fully saturated rings. The lowest BCUT2D eigenvalue weighted by molar-refractivity contribution is 0.0849. The van der Waals surface area contributed by atoms with Crippen LogP contribution in [-0.2, 0) is 12.8 Å². The molecule has 0 saturated heterocycles. The number of pyridine rings is 1. The number of hydrogen-bond acceptors (Lipinski definition) is 4. The molecule has 2 aromatic heterocycles. The summed E-state index contributed by atoms with van der Waals surface area (Å²) in [7, 11) is 0. The molecule has 2 amide bonds. The van der Waals surface area contributed by atoms with Crippen molar-refractivity contribution < 1.29 is 9.59 Å². The first-order chi connectivity index (χ1) is 11.2. The van der Waals surface area contributed by atoms with Crippen LogP contribution in [0.3, 0.4) is 0 Å². The van der Waals surface area contributed by atoms with Gasteiger partial charge in [-0.2, -0.15) is 0 Å². The average Bonchev–Trinajstić information content (AvgIpc) is 2.95. The molecule has 0 aromatic carbocycles. The molecule has 0 unspecified atom stereocenters. The van der Waals surface area contributed by atoms with E-state index in [9.17, 15) is 9.59 Å². The van der Waals surface area contributed by atoms with Crippen LogP contribution in [0, 0.1) is 0 Å². The summed E-state index contributed by atoms with van der Waals surface area (Å²) in [6.45, 7) is 0. The highest BCUT2D eigenvalue weighted by Gasteiger charge is 2.16. The van der Waals surface area contributed by atoms with Crippen LogP contribution in [0.1, 0.15) is 56.2 Å². The number of amides is 2. The Morgan fingerprint density at radius 1 is 0.957 bits per heavy atom. The van der Waals surface area contributed by atoms with Gasteiger partial charge >= 0.3 is 0 Å². The van der Waals surface area contributed by atoms with Gasteiger partial charge in [0.15, 0.2) is 0 Å². The van der Waals surface area contributed by atoms with E-state index in [0.717, 1.165) is 12.8 Å². The molecule has 0 saturated carbocycles. The Balaban J connectivity index is 1.62. The number of rotatable bonds is 2. The van der Waals surface area contributed by atoms with Crippen LogP contribution in [-0.4, -0.2) is 16.8 Å². The van der Waals surface area contributed by atoms with Gasteiger partial charge in [0.05, 0.1) is 4.88 Å². The van der Waals surface area contributed by atoms with Gasteiger partial charge in [0, 0.05) is 22.8 Å². The van der Waals surface area contributed by atoms with E-state index >= 15 is 0 Å². The minimum Gasteiger partial charge on any atom is -0.267 e. The minimum atomic E-state index is -0.351. The third-order valence-electron chi connectivity index (χ3n) is 3.95. The maximum Gasteiger partial charge on any atom is 0.279 e. The summed E-state index contributed by atoms with van der Waals surface area (Å²) in [6.07, 6.45) is 10.1. The van der Waals surface area contributed by atoms with Gasteiger partial charge in [0.1, 0.15) is 0 Å². The van der Waals surface area contributed by atoms with Gasteiger partial charge in [-0.15, -0.1) is 11.3 Å². The van der Waals surface area contributed by atoms with Crippen LogP contribution in [0.2, 0.25) is 0 Å². The predicted molar refractivity (Wildman–Crippen MR) is 89.4 cm³/mol. The Morgan fingerprint density at radius 3 is 2.43 bits per heavy atom. The minimum absolute atomic E-state index is 0.260. The normalized spacial score (nSPS) is 14.3. The van der Waals surface area contributed by atoms with Crippen molar-refractivity contribution in [3.63, 3.8) is 0 Å². The van der Waals surface area contributed by atoms with Crippen LogP contribution in [0.5, 0.6) is 0 Å². The predicted octanol–water partition coefficient (Wildman–Crippen LogP) is 2.88. The molecule has 0 radical (unpaired) electrons. The molecule has 2 heterocycles. The van der Waals surface area contributed by atoms with Gasteiger partial charge < -0.3 is 0 Å². The van der Waals surface area contributed by atoms with Crippen molar-refractivity contribution in [1.82, 2.24) is 15.8 Å². The van der Waals surface area contributed by atoms with Gasteiger partial charge in [0.2, 0.25) is 0 Å². The Hall–Kier alpha value is -2.21. The Kier molecular flexibility index (Phi) is 5.02. The van der Waals surface area contributed by atoms with Crippen LogP contribution in [0.4, 0.5) is 0 Å². The summed E-state index contributed by atoms with van der Waals surface area (Å²) in [4.78, 5) is 30.0. The Bertz CT molecular complexity index is 672. The first-order valence-corrected chi connectivity index (χ1v) is 8.68. The van der Waals surface area contributed by atoms with Crippen molar-refractivity contribution in [2.24, 2.45) is 0 Å². The van der Waals surface area contributed by atoms with E-state index < -0.39 is 0 Å². The van der Waals surface area contributed by atoms with Crippen LogP contribution >= 0.6 is 11.3 Å². The number of fused-ring (bicyclic) bond motifs is 1. The SMILES string of the molecule is O=C(NNC(=O)c1cc2c(s1)CCCCCC2)c1ccncc1. The molecule has 2 N–H and O–H groups in total. The van der Waals surface area contributed by atoms with Gasteiger partial charge in [0.25, 0.3) is 11.8 Å². The van der Waals surface area contributed by atoms with Crippen molar-refractivity contribution >= 4 is 23.2 Å². The molecule has 1 aliphatic carbocycles. The molecule has 3 rings (SSSR count).